The van der Waals surface area contributed by atoms with Gasteiger partial charge in [-0.25, -0.2) is 8.42 Å². The summed E-state index contributed by atoms with van der Waals surface area (Å²) in [6.45, 7) is 3.58. The standard InChI is InChI=1S/C13H20N2O4S/c1-9(2)7-20(17,18)8-13(16)15-11-6-10(14)4-5-12(11)19-3/h4-6,9H,7-8,14H2,1-3H3,(H,15,16). The van der Waals surface area contributed by atoms with Crippen LogP contribution < -0.4 is 15.8 Å². The van der Waals surface area contributed by atoms with Crippen molar-refractivity contribution in [3.8, 4) is 5.75 Å². The Balaban J connectivity index is 2.79. The molecule has 0 saturated carbocycles. The first-order valence-electron chi connectivity index (χ1n) is 6.17. The van der Waals surface area contributed by atoms with Gasteiger partial charge < -0.3 is 15.8 Å². The fourth-order valence-electron chi connectivity index (χ4n) is 1.78. The van der Waals surface area contributed by atoms with Crippen LogP contribution in [0.1, 0.15) is 13.8 Å². The number of anilines is 2. The van der Waals surface area contributed by atoms with E-state index >= 15 is 0 Å². The number of hydrogen-bond donors (Lipinski definition) is 2. The zero-order chi connectivity index (χ0) is 15.3. The van der Waals surface area contributed by atoms with Crippen molar-refractivity contribution in [2.75, 3.05) is 29.7 Å². The minimum absolute atomic E-state index is 0.0188. The van der Waals surface area contributed by atoms with E-state index in [1.54, 1.807) is 26.0 Å². The Morgan fingerprint density at radius 2 is 2.05 bits per heavy atom. The second kappa shape index (κ2) is 6.60. The van der Waals surface area contributed by atoms with Crippen LogP contribution in [0.3, 0.4) is 0 Å². The van der Waals surface area contributed by atoms with Crippen LogP contribution in [-0.2, 0) is 14.6 Å². The predicted molar refractivity (Wildman–Crippen MR) is 79.5 cm³/mol. The van der Waals surface area contributed by atoms with Crippen LogP contribution in [0.5, 0.6) is 5.75 Å². The van der Waals surface area contributed by atoms with Crippen molar-refractivity contribution in [2.45, 2.75) is 13.8 Å². The van der Waals surface area contributed by atoms with Gasteiger partial charge in [0.25, 0.3) is 0 Å². The van der Waals surface area contributed by atoms with Crippen molar-refractivity contribution in [2.24, 2.45) is 5.92 Å². The molecule has 0 aliphatic heterocycles. The molecule has 1 aromatic rings. The summed E-state index contributed by atoms with van der Waals surface area (Å²) in [5, 5.41) is 2.51. The number of amides is 1. The summed E-state index contributed by atoms with van der Waals surface area (Å²) < 4.78 is 28.6. The highest BCUT2D eigenvalue weighted by Crippen LogP contribution is 2.26. The van der Waals surface area contributed by atoms with Crippen LogP contribution in [0.2, 0.25) is 0 Å². The molecular formula is C13H20N2O4S. The molecule has 0 spiro atoms. The lowest BCUT2D eigenvalue weighted by molar-refractivity contribution is -0.113. The molecular weight excluding hydrogens is 280 g/mol. The van der Waals surface area contributed by atoms with E-state index in [2.05, 4.69) is 5.32 Å². The monoisotopic (exact) mass is 300 g/mol. The molecule has 112 valence electrons. The zero-order valence-corrected chi connectivity index (χ0v) is 12.7. The second-order valence-corrected chi connectivity index (χ2v) is 7.07. The Labute approximate surface area is 119 Å². The number of carbonyl (C=O) groups excluding carboxylic acids is 1. The van der Waals surface area contributed by atoms with Crippen LogP contribution >= 0.6 is 0 Å². The first-order valence-corrected chi connectivity index (χ1v) is 7.99. The predicted octanol–water partition coefficient (Wildman–Crippen LogP) is 1.29. The third kappa shape index (κ3) is 5.08. The summed E-state index contributed by atoms with van der Waals surface area (Å²) in [5.41, 5.74) is 6.43. The van der Waals surface area contributed by atoms with E-state index in [1.807, 2.05) is 0 Å². The average Bonchev–Trinajstić information content (AvgIpc) is 2.26. The number of carbonyl (C=O) groups is 1. The summed E-state index contributed by atoms with van der Waals surface area (Å²) in [4.78, 5) is 11.8. The van der Waals surface area contributed by atoms with Crippen molar-refractivity contribution >= 4 is 27.1 Å². The van der Waals surface area contributed by atoms with E-state index in [9.17, 15) is 13.2 Å². The molecule has 0 fully saturated rings. The fraction of sp³-hybridized carbons (Fsp3) is 0.462. The van der Waals surface area contributed by atoms with Gasteiger partial charge in [-0.1, -0.05) is 13.8 Å². The molecule has 0 bridgehead atoms. The summed E-state index contributed by atoms with van der Waals surface area (Å²) >= 11 is 0. The Hall–Kier alpha value is -1.76. The molecule has 1 amide bonds. The summed E-state index contributed by atoms with van der Waals surface area (Å²) in [6, 6.07) is 4.75. The third-order valence-electron chi connectivity index (χ3n) is 2.44. The number of benzene rings is 1. The highest BCUT2D eigenvalue weighted by molar-refractivity contribution is 7.92. The van der Waals surface area contributed by atoms with E-state index in [0.717, 1.165) is 0 Å². The Morgan fingerprint density at radius 3 is 2.60 bits per heavy atom. The summed E-state index contributed by atoms with van der Waals surface area (Å²) in [5.74, 6) is -0.768. The molecule has 0 aliphatic carbocycles. The van der Waals surface area contributed by atoms with E-state index in [0.29, 0.717) is 17.1 Å². The van der Waals surface area contributed by atoms with Crippen molar-refractivity contribution < 1.29 is 17.9 Å². The number of rotatable bonds is 6. The van der Waals surface area contributed by atoms with E-state index in [-0.39, 0.29) is 11.7 Å². The quantitative estimate of drug-likeness (QED) is 0.771. The largest absolute Gasteiger partial charge is 0.495 e. The van der Waals surface area contributed by atoms with Crippen molar-refractivity contribution in [3.05, 3.63) is 18.2 Å². The molecule has 0 unspecified atom stereocenters. The number of nitrogen functional groups attached to an aromatic ring is 1. The Morgan fingerprint density at radius 1 is 1.40 bits per heavy atom. The number of hydrogen-bond acceptors (Lipinski definition) is 5. The number of ether oxygens (including phenoxy) is 1. The lowest BCUT2D eigenvalue weighted by atomic mass is 10.2. The molecule has 0 heterocycles. The van der Waals surface area contributed by atoms with Crippen LogP contribution in [0.15, 0.2) is 18.2 Å². The number of nitrogens with one attached hydrogen (secondary N) is 1. The van der Waals surface area contributed by atoms with Gasteiger partial charge in [0.1, 0.15) is 11.5 Å². The van der Waals surface area contributed by atoms with Gasteiger partial charge in [-0.3, -0.25) is 4.79 Å². The summed E-state index contributed by atoms with van der Waals surface area (Å²) in [6.07, 6.45) is 0. The van der Waals surface area contributed by atoms with Crippen molar-refractivity contribution in [1.29, 1.82) is 0 Å². The van der Waals surface area contributed by atoms with Crippen molar-refractivity contribution in [1.82, 2.24) is 0 Å². The van der Waals surface area contributed by atoms with Gasteiger partial charge >= 0.3 is 0 Å². The highest BCUT2D eigenvalue weighted by Gasteiger charge is 2.19. The first kappa shape index (κ1) is 16.3. The lowest BCUT2D eigenvalue weighted by Crippen LogP contribution is -2.26. The van der Waals surface area contributed by atoms with E-state index in [4.69, 9.17) is 10.5 Å². The normalized spacial score (nSPS) is 11.4. The maximum Gasteiger partial charge on any atom is 0.239 e. The molecule has 3 N–H and O–H groups in total. The van der Waals surface area contributed by atoms with Crippen molar-refractivity contribution in [3.63, 3.8) is 0 Å². The van der Waals surface area contributed by atoms with Crippen LogP contribution in [0.25, 0.3) is 0 Å². The molecule has 0 aromatic heterocycles. The molecule has 0 saturated heterocycles. The van der Waals surface area contributed by atoms with Gasteiger partial charge in [0.05, 0.1) is 18.6 Å². The smallest absolute Gasteiger partial charge is 0.239 e. The Kier molecular flexibility index (Phi) is 5.38. The average molecular weight is 300 g/mol. The van der Waals surface area contributed by atoms with Gasteiger partial charge in [0.15, 0.2) is 9.84 Å². The van der Waals surface area contributed by atoms with Gasteiger partial charge in [-0.2, -0.15) is 0 Å². The maximum absolute atomic E-state index is 11.8. The first-order chi connectivity index (χ1) is 9.23. The number of methoxy groups -OCH3 is 1. The fourth-order valence-corrected chi connectivity index (χ4v) is 3.38. The number of sulfone groups is 1. The lowest BCUT2D eigenvalue weighted by Gasteiger charge is -2.11. The third-order valence-corrected chi connectivity index (χ3v) is 4.31. The van der Waals surface area contributed by atoms with Crippen LogP contribution in [0, 0.1) is 5.92 Å². The van der Waals surface area contributed by atoms with Gasteiger partial charge in [0.2, 0.25) is 5.91 Å². The van der Waals surface area contributed by atoms with Gasteiger partial charge in [-0.05, 0) is 24.1 Å². The molecule has 1 rings (SSSR count). The topological polar surface area (TPSA) is 98.5 Å². The molecule has 20 heavy (non-hydrogen) atoms. The van der Waals surface area contributed by atoms with Crippen LogP contribution in [0.4, 0.5) is 11.4 Å². The van der Waals surface area contributed by atoms with Crippen LogP contribution in [-0.4, -0.2) is 32.9 Å². The second-order valence-electron chi connectivity index (χ2n) is 4.96. The SMILES string of the molecule is COc1ccc(N)cc1NC(=O)CS(=O)(=O)CC(C)C. The molecule has 7 heteroatoms. The maximum atomic E-state index is 11.8. The van der Waals surface area contributed by atoms with Gasteiger partial charge in [-0.15, -0.1) is 0 Å². The minimum Gasteiger partial charge on any atom is -0.495 e. The Bertz CT molecular complexity index is 582. The van der Waals surface area contributed by atoms with E-state index < -0.39 is 21.5 Å². The van der Waals surface area contributed by atoms with Gasteiger partial charge in [0, 0.05) is 5.69 Å². The molecule has 0 radical (unpaired) electrons. The molecule has 1 aromatic carbocycles. The highest BCUT2D eigenvalue weighted by atomic mass is 32.2. The zero-order valence-electron chi connectivity index (χ0n) is 11.8. The van der Waals surface area contributed by atoms with E-state index in [1.165, 1.54) is 13.2 Å². The molecule has 0 atom stereocenters. The molecule has 6 nitrogen and oxygen atoms in total. The summed E-state index contributed by atoms with van der Waals surface area (Å²) in [7, 11) is -1.96. The number of nitrogens with two attached hydrogens (primary N) is 1. The minimum atomic E-state index is -3.41. The molecule has 0 aliphatic rings.